The summed E-state index contributed by atoms with van der Waals surface area (Å²) in [5, 5.41) is 14.9. The van der Waals surface area contributed by atoms with Gasteiger partial charge in [-0.25, -0.2) is 0 Å². The zero-order valence-electron chi connectivity index (χ0n) is 11.2. The molecule has 0 bridgehead atoms. The molecular weight excluding hydrogens is 242 g/mol. The highest BCUT2D eigenvalue weighted by molar-refractivity contribution is 5.97. The summed E-state index contributed by atoms with van der Waals surface area (Å²) in [6.07, 6.45) is 6.25. The molecule has 0 saturated heterocycles. The molecule has 0 amide bonds. The maximum Gasteiger partial charge on any atom is 0.170 e. The molecule has 0 aromatic heterocycles. The van der Waals surface area contributed by atoms with Gasteiger partial charge in [-0.2, -0.15) is 0 Å². The van der Waals surface area contributed by atoms with Crippen LogP contribution in [0.1, 0.15) is 24.5 Å². The normalized spacial score (nSPS) is 12.8. The third-order valence-electron chi connectivity index (χ3n) is 2.83. The molecule has 0 heterocycles. The molecule has 1 aromatic carbocycles. The predicted molar refractivity (Wildman–Crippen MR) is 75.3 cm³/mol. The molecule has 1 unspecified atom stereocenters. The Morgan fingerprint density at radius 3 is 2.89 bits per heavy atom. The molecule has 19 heavy (non-hydrogen) atoms. The van der Waals surface area contributed by atoms with Crippen molar-refractivity contribution in [3.05, 3.63) is 29.3 Å². The quantitative estimate of drug-likeness (QED) is 0.237. The molecule has 0 fully saturated rings. The molecule has 0 saturated carbocycles. The lowest BCUT2D eigenvalue weighted by atomic mass is 10.1. The minimum atomic E-state index is 0.0113. The number of hydrogen-bond acceptors (Lipinski definition) is 4. The number of amidine groups is 1. The van der Waals surface area contributed by atoms with Crippen molar-refractivity contribution in [1.82, 2.24) is 5.32 Å². The van der Waals surface area contributed by atoms with Crippen molar-refractivity contribution in [2.75, 3.05) is 7.11 Å². The van der Waals surface area contributed by atoms with Gasteiger partial charge >= 0.3 is 0 Å². The number of nitrogens with one attached hydrogen (secondary N) is 1. The highest BCUT2D eigenvalue weighted by atomic mass is 16.5. The van der Waals surface area contributed by atoms with Gasteiger partial charge in [0.1, 0.15) is 5.75 Å². The number of hydrogen-bond donors (Lipinski definition) is 3. The molecule has 0 radical (unpaired) electrons. The summed E-state index contributed by atoms with van der Waals surface area (Å²) in [6, 6.07) is 5.33. The second kappa shape index (κ2) is 7.29. The second-order valence-corrected chi connectivity index (χ2v) is 4.02. The van der Waals surface area contributed by atoms with Crippen molar-refractivity contribution in [3.63, 3.8) is 0 Å². The number of oxime groups is 1. The summed E-state index contributed by atoms with van der Waals surface area (Å²) >= 11 is 0. The number of terminal acetylenes is 1. The van der Waals surface area contributed by atoms with Crippen LogP contribution in [0.4, 0.5) is 0 Å². The van der Waals surface area contributed by atoms with Crippen LogP contribution in [0.25, 0.3) is 0 Å². The van der Waals surface area contributed by atoms with Crippen LogP contribution >= 0.6 is 0 Å². The standard InChI is InChI=1S/C14H19N3O2/c1-4-12(5-2)16-9-11-8-10(14(15)17-18)6-7-13(11)19-3/h1,6-8,12,16,18H,5,9H2,2-3H3,(H2,15,17). The van der Waals surface area contributed by atoms with Gasteiger partial charge in [-0.1, -0.05) is 18.0 Å². The van der Waals surface area contributed by atoms with E-state index in [2.05, 4.69) is 16.4 Å². The van der Waals surface area contributed by atoms with E-state index in [0.717, 1.165) is 17.7 Å². The number of ether oxygens (including phenoxy) is 1. The number of benzene rings is 1. The van der Waals surface area contributed by atoms with Crippen LogP contribution in [0.3, 0.4) is 0 Å². The first-order valence-electron chi connectivity index (χ1n) is 6.00. The summed E-state index contributed by atoms with van der Waals surface area (Å²) in [6.45, 7) is 2.57. The van der Waals surface area contributed by atoms with Crippen molar-refractivity contribution in [2.24, 2.45) is 10.9 Å². The molecule has 1 aromatic rings. The van der Waals surface area contributed by atoms with E-state index in [1.807, 2.05) is 13.0 Å². The number of nitrogens with zero attached hydrogens (tertiary/aromatic N) is 1. The van der Waals surface area contributed by atoms with Crippen molar-refractivity contribution >= 4 is 5.84 Å². The fraction of sp³-hybridized carbons (Fsp3) is 0.357. The first-order valence-corrected chi connectivity index (χ1v) is 6.00. The van der Waals surface area contributed by atoms with Gasteiger partial charge in [-0.3, -0.25) is 5.32 Å². The first kappa shape index (κ1) is 14.9. The largest absolute Gasteiger partial charge is 0.496 e. The van der Waals surface area contributed by atoms with Gasteiger partial charge in [0.05, 0.1) is 13.2 Å². The molecule has 5 heteroatoms. The van der Waals surface area contributed by atoms with Gasteiger partial charge in [0.25, 0.3) is 0 Å². The van der Waals surface area contributed by atoms with Gasteiger partial charge in [0.2, 0.25) is 0 Å². The lowest BCUT2D eigenvalue weighted by molar-refractivity contribution is 0.318. The Kier molecular flexibility index (Phi) is 5.71. The van der Waals surface area contributed by atoms with Crippen molar-refractivity contribution in [1.29, 1.82) is 0 Å². The Balaban J connectivity index is 2.94. The molecule has 4 N–H and O–H groups in total. The Bertz CT molecular complexity index is 492. The summed E-state index contributed by atoms with van der Waals surface area (Å²) in [5.41, 5.74) is 7.11. The van der Waals surface area contributed by atoms with Crippen LogP contribution in [-0.2, 0) is 6.54 Å². The van der Waals surface area contributed by atoms with Gasteiger partial charge in [-0.05, 0) is 24.6 Å². The van der Waals surface area contributed by atoms with Crippen LogP contribution < -0.4 is 15.8 Å². The fourth-order valence-corrected chi connectivity index (χ4v) is 1.69. The van der Waals surface area contributed by atoms with Gasteiger partial charge in [0, 0.05) is 17.7 Å². The molecule has 0 aliphatic heterocycles. The van der Waals surface area contributed by atoms with E-state index in [1.54, 1.807) is 19.2 Å². The van der Waals surface area contributed by atoms with Crippen LogP contribution in [0.5, 0.6) is 5.75 Å². The Morgan fingerprint density at radius 1 is 1.63 bits per heavy atom. The molecular formula is C14H19N3O2. The minimum Gasteiger partial charge on any atom is -0.496 e. The molecule has 1 rings (SSSR count). The van der Waals surface area contributed by atoms with E-state index in [4.69, 9.17) is 22.1 Å². The summed E-state index contributed by atoms with van der Waals surface area (Å²) in [5.74, 6) is 3.46. The SMILES string of the molecule is C#CC(CC)NCc1cc(/C(N)=N/O)ccc1OC. The fourth-order valence-electron chi connectivity index (χ4n) is 1.69. The lowest BCUT2D eigenvalue weighted by Gasteiger charge is -2.14. The number of nitrogens with two attached hydrogens (primary N) is 1. The van der Waals surface area contributed by atoms with E-state index < -0.39 is 0 Å². The van der Waals surface area contributed by atoms with E-state index in [1.165, 1.54) is 0 Å². The van der Waals surface area contributed by atoms with Crippen LogP contribution in [0, 0.1) is 12.3 Å². The maximum absolute atomic E-state index is 8.69. The number of rotatable bonds is 6. The van der Waals surface area contributed by atoms with E-state index in [-0.39, 0.29) is 11.9 Å². The predicted octanol–water partition coefficient (Wildman–Crippen LogP) is 1.29. The highest BCUT2D eigenvalue weighted by Gasteiger charge is 2.09. The Hall–Kier alpha value is -2.19. The van der Waals surface area contributed by atoms with Gasteiger partial charge in [-0.15, -0.1) is 6.42 Å². The highest BCUT2D eigenvalue weighted by Crippen LogP contribution is 2.20. The third kappa shape index (κ3) is 3.90. The maximum atomic E-state index is 8.69. The summed E-state index contributed by atoms with van der Waals surface area (Å²) in [4.78, 5) is 0. The lowest BCUT2D eigenvalue weighted by Crippen LogP contribution is -2.26. The van der Waals surface area contributed by atoms with Gasteiger partial charge < -0.3 is 15.7 Å². The second-order valence-electron chi connectivity index (χ2n) is 4.02. The molecule has 102 valence electrons. The summed E-state index contributed by atoms with van der Waals surface area (Å²) in [7, 11) is 1.60. The molecule has 0 aliphatic rings. The number of methoxy groups -OCH3 is 1. The smallest absolute Gasteiger partial charge is 0.170 e. The summed E-state index contributed by atoms with van der Waals surface area (Å²) < 4.78 is 5.28. The van der Waals surface area contributed by atoms with Crippen LogP contribution in [0.2, 0.25) is 0 Å². The Labute approximate surface area is 113 Å². The minimum absolute atomic E-state index is 0.0113. The first-order chi connectivity index (χ1) is 9.15. The third-order valence-corrected chi connectivity index (χ3v) is 2.83. The molecule has 0 spiro atoms. The molecule has 5 nitrogen and oxygen atoms in total. The monoisotopic (exact) mass is 261 g/mol. The Morgan fingerprint density at radius 2 is 2.37 bits per heavy atom. The van der Waals surface area contributed by atoms with Crippen molar-refractivity contribution in [2.45, 2.75) is 25.9 Å². The zero-order chi connectivity index (χ0) is 14.3. The van der Waals surface area contributed by atoms with Crippen LogP contribution in [-0.4, -0.2) is 24.2 Å². The zero-order valence-corrected chi connectivity index (χ0v) is 11.2. The van der Waals surface area contributed by atoms with Crippen LogP contribution in [0.15, 0.2) is 23.4 Å². The molecule has 0 aliphatic carbocycles. The molecule has 1 atom stereocenters. The van der Waals surface area contributed by atoms with Crippen molar-refractivity contribution < 1.29 is 9.94 Å². The van der Waals surface area contributed by atoms with E-state index in [0.29, 0.717) is 12.1 Å². The van der Waals surface area contributed by atoms with Crippen molar-refractivity contribution in [3.8, 4) is 18.1 Å². The average Bonchev–Trinajstić information content (AvgIpc) is 2.47. The van der Waals surface area contributed by atoms with E-state index in [9.17, 15) is 0 Å². The van der Waals surface area contributed by atoms with Gasteiger partial charge in [0.15, 0.2) is 5.84 Å². The topological polar surface area (TPSA) is 79.9 Å². The van der Waals surface area contributed by atoms with E-state index >= 15 is 0 Å². The average molecular weight is 261 g/mol.